The summed E-state index contributed by atoms with van der Waals surface area (Å²) in [4.78, 5) is 0. The lowest BCUT2D eigenvalue weighted by atomic mass is 9.89. The number of fused-ring (bicyclic) bond motifs is 2. The smallest absolute Gasteiger partial charge is 0.233 e. The number of hydrogen-bond donors (Lipinski definition) is 0. The minimum atomic E-state index is 0.491. The zero-order valence-corrected chi connectivity index (χ0v) is 15.5. The molecule has 2 aromatic carbocycles. The van der Waals surface area contributed by atoms with Crippen molar-refractivity contribution in [3.8, 4) is 0 Å². The van der Waals surface area contributed by atoms with Crippen LogP contribution in [0.3, 0.4) is 0 Å². The lowest BCUT2D eigenvalue weighted by molar-refractivity contribution is -0.646. The monoisotopic (exact) mass is 346 g/mol. The van der Waals surface area contributed by atoms with Crippen LogP contribution in [0.25, 0.3) is 22.1 Å². The standard InChI is InChI=1S/C22H26N4/c1-23-15-25(19-11-5-3-9-17(19)23)21-13-7-8-14-22(21)26-16-24(2)18-10-4-6-12-20(18)26/h3-6,9-12,15-16,21-22H,7-8,13-14H2,1-2H3/q+2/t21-,22-/m0/s1. The molecule has 0 N–H and O–H groups in total. The van der Waals surface area contributed by atoms with Crippen molar-refractivity contribution in [1.29, 1.82) is 0 Å². The number of para-hydroxylation sites is 4. The molecule has 4 aromatic rings. The van der Waals surface area contributed by atoms with Crippen molar-refractivity contribution in [3.63, 3.8) is 0 Å². The first-order chi connectivity index (χ1) is 12.7. The minimum Gasteiger partial charge on any atom is -0.233 e. The van der Waals surface area contributed by atoms with Crippen LogP contribution in [0.15, 0.2) is 61.2 Å². The van der Waals surface area contributed by atoms with Crippen LogP contribution in [-0.4, -0.2) is 9.13 Å². The SMILES string of the molecule is C[n+]1cn([C@H]2CCCC[C@@H]2n2c[n+](C)c3ccccc32)c2ccccc21. The topological polar surface area (TPSA) is 17.6 Å². The second-order valence-electron chi connectivity index (χ2n) is 7.66. The molecule has 2 heterocycles. The van der Waals surface area contributed by atoms with E-state index in [9.17, 15) is 0 Å². The van der Waals surface area contributed by atoms with Crippen molar-refractivity contribution < 1.29 is 9.13 Å². The fraction of sp³-hybridized carbons (Fsp3) is 0.364. The largest absolute Gasteiger partial charge is 0.244 e. The van der Waals surface area contributed by atoms with E-state index >= 15 is 0 Å². The van der Waals surface area contributed by atoms with E-state index in [0.717, 1.165) is 0 Å². The van der Waals surface area contributed by atoms with Crippen molar-refractivity contribution in [2.24, 2.45) is 14.1 Å². The maximum Gasteiger partial charge on any atom is 0.244 e. The Morgan fingerprint density at radius 1 is 0.692 bits per heavy atom. The Morgan fingerprint density at radius 3 is 1.58 bits per heavy atom. The molecule has 132 valence electrons. The van der Waals surface area contributed by atoms with Crippen molar-refractivity contribution in [1.82, 2.24) is 9.13 Å². The molecule has 2 atom stereocenters. The van der Waals surface area contributed by atoms with Crippen LogP contribution in [0, 0.1) is 0 Å². The van der Waals surface area contributed by atoms with Crippen LogP contribution in [-0.2, 0) is 14.1 Å². The van der Waals surface area contributed by atoms with E-state index in [-0.39, 0.29) is 0 Å². The van der Waals surface area contributed by atoms with Crippen LogP contribution in [0.1, 0.15) is 37.8 Å². The molecule has 26 heavy (non-hydrogen) atoms. The summed E-state index contributed by atoms with van der Waals surface area (Å²) in [7, 11) is 4.31. The van der Waals surface area contributed by atoms with Gasteiger partial charge in [-0.05, 0) is 49.9 Å². The molecule has 1 aliphatic carbocycles. The molecule has 0 radical (unpaired) electrons. The fourth-order valence-corrected chi connectivity index (χ4v) is 4.85. The van der Waals surface area contributed by atoms with Gasteiger partial charge in [0.1, 0.15) is 12.1 Å². The van der Waals surface area contributed by atoms with Gasteiger partial charge in [-0.3, -0.25) is 0 Å². The van der Waals surface area contributed by atoms with Gasteiger partial charge in [0.05, 0.1) is 14.1 Å². The predicted molar refractivity (Wildman–Crippen MR) is 103 cm³/mol. The number of hydrogen-bond acceptors (Lipinski definition) is 0. The van der Waals surface area contributed by atoms with Gasteiger partial charge in [-0.15, -0.1) is 0 Å². The maximum atomic E-state index is 2.52. The predicted octanol–water partition coefficient (Wildman–Crippen LogP) is 3.60. The van der Waals surface area contributed by atoms with E-state index in [1.165, 1.54) is 47.8 Å². The highest BCUT2D eigenvalue weighted by atomic mass is 15.2. The summed E-state index contributed by atoms with van der Waals surface area (Å²) in [5, 5.41) is 0. The van der Waals surface area contributed by atoms with Crippen LogP contribution < -0.4 is 9.13 Å². The molecule has 1 saturated carbocycles. The lowest BCUT2D eigenvalue weighted by Crippen LogP contribution is -2.30. The molecule has 2 aromatic heterocycles. The van der Waals surface area contributed by atoms with Gasteiger partial charge in [0.15, 0.2) is 22.1 Å². The first-order valence-electron chi connectivity index (χ1n) is 9.64. The third-order valence-electron chi connectivity index (χ3n) is 6.08. The van der Waals surface area contributed by atoms with Gasteiger partial charge in [0.25, 0.3) is 0 Å². The molecule has 1 aliphatic rings. The van der Waals surface area contributed by atoms with Crippen LogP contribution in [0.2, 0.25) is 0 Å². The number of nitrogens with zero attached hydrogens (tertiary/aromatic N) is 4. The van der Waals surface area contributed by atoms with E-state index in [4.69, 9.17) is 0 Å². The Kier molecular flexibility index (Phi) is 3.59. The third kappa shape index (κ3) is 2.28. The number of aryl methyl sites for hydroxylation is 2. The molecule has 4 nitrogen and oxygen atoms in total. The van der Waals surface area contributed by atoms with E-state index < -0.39 is 0 Å². The summed E-state index contributed by atoms with van der Waals surface area (Å²) >= 11 is 0. The molecule has 0 spiro atoms. The van der Waals surface area contributed by atoms with E-state index in [2.05, 4.69) is 93.5 Å². The number of imidazole rings is 2. The molecule has 0 amide bonds. The van der Waals surface area contributed by atoms with Gasteiger partial charge in [-0.2, -0.15) is 0 Å². The quantitative estimate of drug-likeness (QED) is 0.494. The highest BCUT2D eigenvalue weighted by Gasteiger charge is 2.37. The minimum absolute atomic E-state index is 0.491. The highest BCUT2D eigenvalue weighted by molar-refractivity contribution is 5.73. The summed E-state index contributed by atoms with van der Waals surface area (Å²) in [6, 6.07) is 18.5. The summed E-state index contributed by atoms with van der Waals surface area (Å²) in [6.45, 7) is 0. The lowest BCUT2D eigenvalue weighted by Gasteiger charge is -2.27. The van der Waals surface area contributed by atoms with Crippen molar-refractivity contribution in [2.75, 3.05) is 0 Å². The Morgan fingerprint density at radius 2 is 1.12 bits per heavy atom. The molecular formula is C22H26N4+2. The van der Waals surface area contributed by atoms with E-state index in [0.29, 0.717) is 12.1 Å². The summed E-state index contributed by atoms with van der Waals surface area (Å²) in [5.41, 5.74) is 5.29. The zero-order valence-electron chi connectivity index (χ0n) is 15.5. The van der Waals surface area contributed by atoms with Gasteiger partial charge in [-0.1, -0.05) is 24.3 Å². The normalized spacial score (nSPS) is 20.8. The van der Waals surface area contributed by atoms with Gasteiger partial charge >= 0.3 is 0 Å². The third-order valence-corrected chi connectivity index (χ3v) is 6.08. The molecule has 5 rings (SSSR count). The Balaban J connectivity index is 1.67. The first-order valence-corrected chi connectivity index (χ1v) is 9.64. The molecular weight excluding hydrogens is 320 g/mol. The Bertz CT molecular complexity index is 1000. The van der Waals surface area contributed by atoms with Crippen molar-refractivity contribution in [2.45, 2.75) is 37.8 Å². The summed E-state index contributed by atoms with van der Waals surface area (Å²) in [5.74, 6) is 0. The zero-order chi connectivity index (χ0) is 17.7. The second kappa shape index (κ2) is 5.97. The van der Waals surface area contributed by atoms with Crippen LogP contribution in [0.4, 0.5) is 0 Å². The average molecular weight is 346 g/mol. The number of benzene rings is 2. The second-order valence-corrected chi connectivity index (χ2v) is 7.66. The molecule has 0 unspecified atom stereocenters. The molecule has 0 aliphatic heterocycles. The van der Waals surface area contributed by atoms with Gasteiger partial charge < -0.3 is 0 Å². The van der Waals surface area contributed by atoms with Gasteiger partial charge in [0, 0.05) is 0 Å². The molecule has 0 bridgehead atoms. The Labute approximate surface area is 153 Å². The van der Waals surface area contributed by atoms with Crippen LogP contribution in [0.5, 0.6) is 0 Å². The fourth-order valence-electron chi connectivity index (χ4n) is 4.85. The number of aromatic nitrogens is 4. The van der Waals surface area contributed by atoms with Crippen molar-refractivity contribution in [3.05, 3.63) is 61.2 Å². The summed E-state index contributed by atoms with van der Waals surface area (Å²) < 4.78 is 9.56. The Hall–Kier alpha value is -2.62. The number of rotatable bonds is 2. The average Bonchev–Trinajstić information content (AvgIpc) is 3.20. The molecule has 4 heteroatoms. The van der Waals surface area contributed by atoms with Crippen LogP contribution >= 0.6 is 0 Å². The highest BCUT2D eigenvalue weighted by Crippen LogP contribution is 2.39. The summed E-state index contributed by atoms with van der Waals surface area (Å²) in [6.07, 6.45) is 9.67. The van der Waals surface area contributed by atoms with E-state index in [1.54, 1.807) is 0 Å². The first kappa shape index (κ1) is 15.6. The maximum absolute atomic E-state index is 2.52. The molecule has 1 fully saturated rings. The van der Waals surface area contributed by atoms with Gasteiger partial charge in [0.2, 0.25) is 12.7 Å². The van der Waals surface area contributed by atoms with E-state index in [1.807, 2.05) is 0 Å². The van der Waals surface area contributed by atoms with Gasteiger partial charge in [-0.25, -0.2) is 18.3 Å². The van der Waals surface area contributed by atoms with Crippen molar-refractivity contribution >= 4 is 22.1 Å². The molecule has 0 saturated heterocycles.